The molecule has 0 bridgehead atoms. The highest BCUT2D eigenvalue weighted by atomic mass is 127. The molecule has 0 radical (unpaired) electrons. The Hall–Kier alpha value is -2.50. The Morgan fingerprint density at radius 2 is 1.93 bits per heavy atom. The van der Waals surface area contributed by atoms with Crippen molar-refractivity contribution in [2.24, 2.45) is 10.7 Å². The number of alkyl halides is 3. The first-order valence-electron chi connectivity index (χ1n) is 7.75. The number of imidazole rings is 1. The van der Waals surface area contributed by atoms with Crippen molar-refractivity contribution in [3.63, 3.8) is 0 Å². The van der Waals surface area contributed by atoms with Gasteiger partial charge in [-0.3, -0.25) is 4.99 Å². The van der Waals surface area contributed by atoms with Crippen molar-refractivity contribution in [3.8, 4) is 5.75 Å². The molecule has 0 aliphatic carbocycles. The van der Waals surface area contributed by atoms with Gasteiger partial charge in [-0.25, -0.2) is 4.98 Å². The highest BCUT2D eigenvalue weighted by Gasteiger charge is 2.32. The van der Waals surface area contributed by atoms with Crippen LogP contribution < -0.4 is 15.8 Å². The highest BCUT2D eigenvalue weighted by molar-refractivity contribution is 14.0. The van der Waals surface area contributed by atoms with Gasteiger partial charge in [0.25, 0.3) is 0 Å². The molecule has 0 unspecified atom stereocenters. The second kappa shape index (κ2) is 8.93. The maximum Gasteiger partial charge on any atom is 0.573 e. The number of benzene rings is 1. The molecule has 6 nitrogen and oxygen atoms in total. The van der Waals surface area contributed by atoms with Crippen molar-refractivity contribution < 1.29 is 17.9 Å². The van der Waals surface area contributed by atoms with E-state index in [1.807, 2.05) is 35.0 Å². The summed E-state index contributed by atoms with van der Waals surface area (Å²) in [5, 5.41) is 2.62. The lowest BCUT2D eigenvalue weighted by Crippen LogP contribution is -2.24. The molecule has 0 amide bonds. The minimum absolute atomic E-state index is 0. The summed E-state index contributed by atoms with van der Waals surface area (Å²) in [7, 11) is 0. The number of aromatic nitrogens is 2. The summed E-state index contributed by atoms with van der Waals surface area (Å²) in [4.78, 5) is 8.56. The van der Waals surface area contributed by atoms with Gasteiger partial charge in [0.1, 0.15) is 5.65 Å². The number of ether oxygens (including phenoxy) is 1. The molecule has 3 aromatic rings. The van der Waals surface area contributed by atoms with E-state index in [1.165, 1.54) is 18.2 Å². The molecule has 0 saturated heterocycles. The molecule has 0 aliphatic rings. The molecule has 10 heteroatoms. The largest absolute Gasteiger partial charge is 0.573 e. The van der Waals surface area contributed by atoms with Gasteiger partial charge < -0.3 is 20.2 Å². The van der Waals surface area contributed by atoms with E-state index in [0.717, 1.165) is 11.3 Å². The van der Waals surface area contributed by atoms with Gasteiger partial charge in [0.05, 0.1) is 11.4 Å². The molecule has 1 aromatic carbocycles. The molecule has 144 valence electrons. The maximum atomic E-state index is 12.4. The smallest absolute Gasteiger partial charge is 0.404 e. The molecule has 0 aliphatic heterocycles. The van der Waals surface area contributed by atoms with Gasteiger partial charge in [-0.15, -0.1) is 37.1 Å². The number of nitrogens with zero attached hydrogens (tertiary/aromatic N) is 3. The van der Waals surface area contributed by atoms with E-state index in [0.29, 0.717) is 13.0 Å². The molecule has 0 atom stereocenters. The van der Waals surface area contributed by atoms with Crippen LogP contribution in [0.3, 0.4) is 0 Å². The zero-order valence-electron chi connectivity index (χ0n) is 14.0. The lowest BCUT2D eigenvalue weighted by Gasteiger charge is -2.14. The van der Waals surface area contributed by atoms with Crippen LogP contribution in [0, 0.1) is 0 Å². The number of rotatable bonds is 5. The van der Waals surface area contributed by atoms with Gasteiger partial charge in [0.2, 0.25) is 0 Å². The number of nitrogens with one attached hydrogen (secondary N) is 1. The van der Waals surface area contributed by atoms with Crippen LogP contribution in [-0.4, -0.2) is 28.3 Å². The Morgan fingerprint density at radius 1 is 1.19 bits per heavy atom. The summed E-state index contributed by atoms with van der Waals surface area (Å²) in [6.07, 6.45) is -0.457. The van der Waals surface area contributed by atoms with Gasteiger partial charge in [0.15, 0.2) is 11.7 Å². The molecule has 27 heavy (non-hydrogen) atoms. The number of guanidine groups is 1. The first-order valence-corrected chi connectivity index (χ1v) is 7.75. The zero-order valence-corrected chi connectivity index (χ0v) is 16.3. The predicted molar refractivity (Wildman–Crippen MR) is 108 cm³/mol. The lowest BCUT2D eigenvalue weighted by molar-refractivity contribution is -0.274. The third kappa shape index (κ3) is 6.01. The van der Waals surface area contributed by atoms with Gasteiger partial charge in [-0.05, 0) is 24.3 Å². The van der Waals surface area contributed by atoms with Crippen LogP contribution in [0.4, 0.5) is 18.9 Å². The number of hydrogen-bond donors (Lipinski definition) is 2. The van der Waals surface area contributed by atoms with E-state index < -0.39 is 6.36 Å². The first-order chi connectivity index (χ1) is 12.4. The van der Waals surface area contributed by atoms with Crippen LogP contribution in [0.25, 0.3) is 5.65 Å². The van der Waals surface area contributed by atoms with Crippen LogP contribution in [-0.2, 0) is 6.42 Å². The normalized spacial score (nSPS) is 11.9. The summed E-state index contributed by atoms with van der Waals surface area (Å²) in [5.74, 6) is -0.384. The molecule has 2 heterocycles. The van der Waals surface area contributed by atoms with Crippen molar-refractivity contribution in [1.29, 1.82) is 0 Å². The number of halogens is 4. The summed E-state index contributed by atoms with van der Waals surface area (Å²) >= 11 is 0. The van der Waals surface area contributed by atoms with E-state index in [-0.39, 0.29) is 41.4 Å². The molecule has 0 spiro atoms. The summed E-state index contributed by atoms with van der Waals surface area (Å²) in [6.45, 7) is 0.338. The number of anilines is 1. The maximum absolute atomic E-state index is 12.4. The number of para-hydroxylation sites is 2. The molecule has 3 rings (SSSR count). The summed E-state index contributed by atoms with van der Waals surface area (Å²) in [5.41, 5.74) is 7.51. The number of pyridine rings is 1. The predicted octanol–water partition coefficient (Wildman–Crippen LogP) is 3.82. The highest BCUT2D eigenvalue weighted by Crippen LogP contribution is 2.29. The molecular formula is C17H17F3IN5O. The van der Waals surface area contributed by atoms with E-state index in [2.05, 4.69) is 20.0 Å². The Morgan fingerprint density at radius 3 is 2.67 bits per heavy atom. The van der Waals surface area contributed by atoms with E-state index >= 15 is 0 Å². The number of nitrogens with two attached hydrogens (primary N) is 1. The van der Waals surface area contributed by atoms with E-state index in [1.54, 1.807) is 6.07 Å². The van der Waals surface area contributed by atoms with Gasteiger partial charge in [-0.2, -0.15) is 0 Å². The van der Waals surface area contributed by atoms with Crippen LogP contribution in [0.5, 0.6) is 5.75 Å². The Balaban J connectivity index is 0.00000261. The molecule has 0 fully saturated rings. The number of aliphatic imine (C=N–C) groups is 1. The third-order valence-electron chi connectivity index (χ3n) is 3.44. The molecule has 3 N–H and O–H groups in total. The van der Waals surface area contributed by atoms with Crippen LogP contribution in [0.15, 0.2) is 59.9 Å². The minimum atomic E-state index is -4.78. The summed E-state index contributed by atoms with van der Waals surface area (Å²) in [6, 6.07) is 11.3. The fraction of sp³-hybridized carbons (Fsp3) is 0.176. The second-order valence-electron chi connectivity index (χ2n) is 5.38. The second-order valence-corrected chi connectivity index (χ2v) is 5.38. The Bertz CT molecular complexity index is 893. The fourth-order valence-electron chi connectivity index (χ4n) is 2.36. The molecule has 0 saturated carbocycles. The molecular weight excluding hydrogens is 474 g/mol. The number of fused-ring (bicyclic) bond motifs is 1. The number of hydrogen-bond acceptors (Lipinski definition) is 3. The quantitative estimate of drug-likeness (QED) is 0.323. The van der Waals surface area contributed by atoms with Gasteiger partial charge in [0, 0.05) is 25.4 Å². The van der Waals surface area contributed by atoms with Crippen molar-refractivity contribution in [3.05, 3.63) is 60.6 Å². The standard InChI is InChI=1S/C17H16F3N5O.HI/c18-17(19,20)26-14-6-2-1-5-13(14)24-16(21)22-9-8-12-11-25-10-4-3-7-15(25)23-12;/h1-7,10-11H,8-9H2,(H3,21,22,24);1H. The third-order valence-corrected chi connectivity index (χ3v) is 3.44. The Kier molecular flexibility index (Phi) is 6.88. The fourth-order valence-corrected chi connectivity index (χ4v) is 2.36. The van der Waals surface area contributed by atoms with Crippen molar-refractivity contribution >= 4 is 41.3 Å². The van der Waals surface area contributed by atoms with Crippen LogP contribution in [0.2, 0.25) is 0 Å². The van der Waals surface area contributed by atoms with Crippen LogP contribution >= 0.6 is 24.0 Å². The first kappa shape index (κ1) is 20.8. The van der Waals surface area contributed by atoms with Gasteiger partial charge >= 0.3 is 6.36 Å². The van der Waals surface area contributed by atoms with Crippen molar-refractivity contribution in [2.75, 3.05) is 11.9 Å². The monoisotopic (exact) mass is 491 g/mol. The average Bonchev–Trinajstić information content (AvgIpc) is 2.98. The van der Waals surface area contributed by atoms with E-state index in [9.17, 15) is 13.2 Å². The van der Waals surface area contributed by atoms with Gasteiger partial charge in [-0.1, -0.05) is 18.2 Å². The molecule has 2 aromatic heterocycles. The minimum Gasteiger partial charge on any atom is -0.404 e. The van der Waals surface area contributed by atoms with Crippen molar-refractivity contribution in [1.82, 2.24) is 9.38 Å². The SMILES string of the molecule is I.NC(=NCCc1cn2ccccc2n1)Nc1ccccc1OC(F)(F)F. The average molecular weight is 491 g/mol. The summed E-state index contributed by atoms with van der Waals surface area (Å²) < 4.78 is 43.1. The lowest BCUT2D eigenvalue weighted by atomic mass is 10.3. The van der Waals surface area contributed by atoms with Crippen molar-refractivity contribution in [2.45, 2.75) is 12.8 Å². The Labute approximate surface area is 170 Å². The topological polar surface area (TPSA) is 76.9 Å². The zero-order chi connectivity index (χ0) is 18.6. The van der Waals surface area contributed by atoms with Crippen LogP contribution in [0.1, 0.15) is 5.69 Å². The van der Waals surface area contributed by atoms with E-state index in [4.69, 9.17) is 5.73 Å².